The Hall–Kier alpha value is -7.48. The molecule has 0 bridgehead atoms. The van der Waals surface area contributed by atoms with Gasteiger partial charge in [0.1, 0.15) is 0 Å². The summed E-state index contributed by atoms with van der Waals surface area (Å²) in [5, 5.41) is 5.13. The predicted octanol–water partition coefficient (Wildman–Crippen LogP) is 18.0. The summed E-state index contributed by atoms with van der Waals surface area (Å²) in [5.41, 5.74) is 22.3. The van der Waals surface area contributed by atoms with Gasteiger partial charge in [0.2, 0.25) is 0 Å². The summed E-state index contributed by atoms with van der Waals surface area (Å²) in [5.74, 6) is 0. The Labute approximate surface area is 388 Å². The van der Waals surface area contributed by atoms with Crippen LogP contribution in [0.3, 0.4) is 0 Å². The van der Waals surface area contributed by atoms with E-state index in [9.17, 15) is 0 Å². The molecule has 1 spiro atoms. The van der Waals surface area contributed by atoms with Crippen LogP contribution in [0.1, 0.15) is 68.2 Å². The Balaban J connectivity index is 0.939. The van der Waals surface area contributed by atoms with Crippen LogP contribution in [0.4, 0.5) is 17.1 Å². The minimum absolute atomic E-state index is 0.0635. The van der Waals surface area contributed by atoms with E-state index in [0.717, 1.165) is 11.4 Å². The number of fused-ring (bicyclic) bond motifs is 11. The van der Waals surface area contributed by atoms with E-state index in [0.29, 0.717) is 0 Å². The van der Waals surface area contributed by atoms with Crippen LogP contribution in [0.15, 0.2) is 212 Å². The Morgan fingerprint density at radius 1 is 0.333 bits per heavy atom. The molecule has 1 saturated carbocycles. The molecule has 316 valence electrons. The highest BCUT2D eigenvalue weighted by Crippen LogP contribution is 2.57. The quantitative estimate of drug-likeness (QED) is 0.151. The van der Waals surface area contributed by atoms with Gasteiger partial charge in [0.25, 0.3) is 0 Å². The van der Waals surface area contributed by atoms with E-state index in [1.165, 1.54) is 137 Å². The fourth-order valence-corrected chi connectivity index (χ4v) is 12.6. The Morgan fingerprint density at radius 2 is 0.833 bits per heavy atom. The van der Waals surface area contributed by atoms with Gasteiger partial charge in [-0.05, 0) is 155 Å². The van der Waals surface area contributed by atoms with Gasteiger partial charge in [0, 0.05) is 27.9 Å². The van der Waals surface area contributed by atoms with E-state index in [1.54, 1.807) is 0 Å². The third kappa shape index (κ3) is 5.85. The molecule has 0 saturated heterocycles. The fourth-order valence-electron chi connectivity index (χ4n) is 12.6. The van der Waals surface area contributed by atoms with Crippen molar-refractivity contribution in [2.75, 3.05) is 4.90 Å². The minimum atomic E-state index is -0.107. The van der Waals surface area contributed by atoms with Crippen molar-refractivity contribution in [3.63, 3.8) is 0 Å². The molecule has 0 amide bonds. The molecule has 0 heterocycles. The topological polar surface area (TPSA) is 3.24 Å². The molecule has 13 rings (SSSR count). The molecule has 1 heteroatoms. The fraction of sp³-hybridized carbons (Fsp3) is 0.138. The zero-order valence-electron chi connectivity index (χ0n) is 37.7. The van der Waals surface area contributed by atoms with Gasteiger partial charge in [-0.15, -0.1) is 0 Å². The second kappa shape index (κ2) is 15.0. The van der Waals surface area contributed by atoms with Gasteiger partial charge < -0.3 is 4.90 Å². The summed E-state index contributed by atoms with van der Waals surface area (Å²) in [4.78, 5) is 2.49. The third-order valence-electron chi connectivity index (χ3n) is 15.7. The van der Waals surface area contributed by atoms with E-state index in [1.807, 2.05) is 0 Å². The first-order valence-electron chi connectivity index (χ1n) is 24.0. The number of hydrogen-bond acceptors (Lipinski definition) is 1. The molecule has 0 aromatic heterocycles. The van der Waals surface area contributed by atoms with E-state index in [-0.39, 0.29) is 10.8 Å². The maximum absolute atomic E-state index is 2.55. The van der Waals surface area contributed by atoms with Crippen molar-refractivity contribution in [2.45, 2.75) is 56.8 Å². The van der Waals surface area contributed by atoms with Crippen molar-refractivity contribution in [3.8, 4) is 55.6 Å². The van der Waals surface area contributed by atoms with E-state index < -0.39 is 0 Å². The molecule has 1 nitrogen and oxygen atoms in total. The van der Waals surface area contributed by atoms with E-state index in [4.69, 9.17) is 0 Å². The first-order valence-corrected chi connectivity index (χ1v) is 24.0. The van der Waals surface area contributed by atoms with Crippen LogP contribution in [0.5, 0.6) is 0 Å². The van der Waals surface area contributed by atoms with Gasteiger partial charge in [-0.3, -0.25) is 0 Å². The molecule has 0 aliphatic heterocycles. The summed E-state index contributed by atoms with van der Waals surface area (Å²) in [6.07, 6.45) is 6.27. The lowest BCUT2D eigenvalue weighted by Crippen LogP contribution is -2.28. The van der Waals surface area contributed by atoms with Crippen LogP contribution in [0.2, 0.25) is 0 Å². The van der Waals surface area contributed by atoms with Gasteiger partial charge >= 0.3 is 0 Å². The third-order valence-corrected chi connectivity index (χ3v) is 15.7. The van der Waals surface area contributed by atoms with Crippen molar-refractivity contribution in [1.29, 1.82) is 0 Å². The van der Waals surface area contributed by atoms with Gasteiger partial charge in [-0.2, -0.15) is 0 Å². The first-order chi connectivity index (χ1) is 32.5. The summed E-state index contributed by atoms with van der Waals surface area (Å²) in [7, 11) is 0. The van der Waals surface area contributed by atoms with Crippen LogP contribution in [-0.4, -0.2) is 0 Å². The second-order valence-electron chi connectivity index (χ2n) is 19.5. The van der Waals surface area contributed by atoms with Crippen LogP contribution in [0.25, 0.3) is 77.2 Å². The average Bonchev–Trinajstić information content (AvgIpc) is 3.78. The van der Waals surface area contributed by atoms with Gasteiger partial charge in [-0.1, -0.05) is 203 Å². The molecule has 0 atom stereocenters. The van der Waals surface area contributed by atoms with Crippen LogP contribution in [0, 0.1) is 0 Å². The highest BCUT2D eigenvalue weighted by atomic mass is 15.1. The van der Waals surface area contributed by atoms with Gasteiger partial charge in [0.05, 0.1) is 0 Å². The molecule has 66 heavy (non-hydrogen) atoms. The summed E-state index contributed by atoms with van der Waals surface area (Å²) < 4.78 is 0. The number of anilines is 3. The summed E-state index contributed by atoms with van der Waals surface area (Å²) in [6, 6.07) is 80.0. The number of hydrogen-bond donors (Lipinski definition) is 0. The molecular formula is C65H51N. The van der Waals surface area contributed by atoms with Crippen LogP contribution >= 0.6 is 0 Å². The maximum Gasteiger partial charge on any atom is 0.0465 e. The zero-order chi connectivity index (χ0) is 44.0. The highest BCUT2D eigenvalue weighted by molar-refractivity contribution is 6.13. The molecular weight excluding hydrogens is 795 g/mol. The molecule has 3 aliphatic carbocycles. The Morgan fingerprint density at radius 3 is 1.55 bits per heavy atom. The van der Waals surface area contributed by atoms with E-state index in [2.05, 4.69) is 231 Å². The monoisotopic (exact) mass is 845 g/mol. The lowest BCUT2D eigenvalue weighted by molar-refractivity contribution is 0.353. The summed E-state index contributed by atoms with van der Waals surface area (Å²) >= 11 is 0. The zero-order valence-corrected chi connectivity index (χ0v) is 37.7. The number of benzene rings is 10. The standard InChI is InChI=1S/C65H51N/c1-64(2)60-27-12-10-24-55(60)58-26-16-25-57(63(58)64)52-21-7-6-18-49(52)43-29-33-46(34-30-43)66(48-37-38-56-54-23-11-13-28-61(54)65(62(56)42-48)39-14-3-15-40-65)47-35-31-44(32-36-47)59-41-45-17-4-5-19-50(45)51-20-8-9-22-53(51)59/h4-13,16-38,41-42H,3,14-15,39-40H2,1-2H3. The van der Waals surface area contributed by atoms with Crippen molar-refractivity contribution >= 4 is 38.6 Å². The number of rotatable bonds is 6. The number of nitrogens with zero attached hydrogens (tertiary/aromatic N) is 1. The van der Waals surface area contributed by atoms with Crippen molar-refractivity contribution in [1.82, 2.24) is 0 Å². The first kappa shape index (κ1) is 38.9. The molecule has 1 fully saturated rings. The lowest BCUT2D eigenvalue weighted by atomic mass is 9.68. The summed E-state index contributed by atoms with van der Waals surface area (Å²) in [6.45, 7) is 4.77. The Bertz CT molecular complexity index is 3530. The molecule has 0 N–H and O–H groups in total. The van der Waals surface area contributed by atoms with Gasteiger partial charge in [-0.25, -0.2) is 0 Å². The normalized spacial score (nSPS) is 15.1. The molecule has 10 aromatic rings. The predicted molar refractivity (Wildman–Crippen MR) is 279 cm³/mol. The molecule has 3 aliphatic rings. The maximum atomic E-state index is 2.55. The van der Waals surface area contributed by atoms with Crippen LogP contribution < -0.4 is 4.90 Å². The minimum Gasteiger partial charge on any atom is -0.310 e. The lowest BCUT2D eigenvalue weighted by Gasteiger charge is -2.36. The van der Waals surface area contributed by atoms with Gasteiger partial charge in [0.15, 0.2) is 0 Å². The smallest absolute Gasteiger partial charge is 0.0465 e. The SMILES string of the molecule is CC1(C)c2ccccc2-c2cccc(-c3ccccc3-c3ccc(N(c4ccc(-c5cc6ccccc6c6ccccc56)cc4)c4ccc5c(c4)C4(CCCCC4)c4ccccc4-5)cc3)c21. The average molecular weight is 846 g/mol. The Kier molecular flexibility index (Phi) is 8.87. The highest BCUT2D eigenvalue weighted by Gasteiger charge is 2.44. The second-order valence-corrected chi connectivity index (χ2v) is 19.5. The van der Waals surface area contributed by atoms with Crippen molar-refractivity contribution in [2.24, 2.45) is 0 Å². The molecule has 0 unspecified atom stereocenters. The van der Waals surface area contributed by atoms with Crippen LogP contribution in [-0.2, 0) is 10.8 Å². The van der Waals surface area contributed by atoms with Crippen molar-refractivity contribution in [3.05, 3.63) is 235 Å². The van der Waals surface area contributed by atoms with Crippen molar-refractivity contribution < 1.29 is 0 Å². The molecule has 10 aromatic carbocycles. The molecule has 0 radical (unpaired) electrons. The largest absolute Gasteiger partial charge is 0.310 e. The van der Waals surface area contributed by atoms with E-state index >= 15 is 0 Å².